The van der Waals surface area contributed by atoms with Gasteiger partial charge in [-0.15, -0.1) is 11.8 Å². The van der Waals surface area contributed by atoms with E-state index in [9.17, 15) is 8.42 Å². The molecule has 0 aromatic carbocycles. The van der Waals surface area contributed by atoms with Crippen molar-refractivity contribution in [3.63, 3.8) is 0 Å². The zero-order valence-corrected chi connectivity index (χ0v) is 12.1. The maximum Gasteiger partial charge on any atom is 0.279 e. The van der Waals surface area contributed by atoms with E-state index in [1.807, 2.05) is 6.26 Å². The lowest BCUT2D eigenvalue weighted by Gasteiger charge is -2.35. The number of nitrogens with zero attached hydrogens (tertiary/aromatic N) is 2. The molecule has 98 valence electrons. The van der Waals surface area contributed by atoms with Crippen molar-refractivity contribution in [2.24, 2.45) is 0 Å². The normalized spacial score (nSPS) is 21.4. The Hall–Kier alpha value is -0.290. The van der Waals surface area contributed by atoms with Crippen molar-refractivity contribution in [1.29, 1.82) is 5.26 Å². The minimum absolute atomic E-state index is 0.108. The van der Waals surface area contributed by atoms with Crippen molar-refractivity contribution in [1.82, 2.24) is 9.03 Å². The van der Waals surface area contributed by atoms with E-state index in [0.29, 0.717) is 25.9 Å². The fourth-order valence-corrected chi connectivity index (χ4v) is 3.91. The quantitative estimate of drug-likeness (QED) is 0.830. The summed E-state index contributed by atoms with van der Waals surface area (Å²) in [5.41, 5.74) is 0. The van der Waals surface area contributed by atoms with Crippen LogP contribution in [0, 0.1) is 11.3 Å². The zero-order chi connectivity index (χ0) is 13.1. The van der Waals surface area contributed by atoms with Gasteiger partial charge in [0.05, 0.1) is 6.07 Å². The van der Waals surface area contributed by atoms with Gasteiger partial charge in [-0.1, -0.05) is 0 Å². The summed E-state index contributed by atoms with van der Waals surface area (Å²) in [6, 6.07) is 2.19. The monoisotopic (exact) mass is 277 g/mol. The molecule has 5 nitrogen and oxygen atoms in total. The van der Waals surface area contributed by atoms with Crippen LogP contribution in [0.25, 0.3) is 0 Å². The standard InChI is InChI=1S/C10H19N3O2S2/c1-9(2)12-17(14,15)13-6-4-10(8-11,16-3)5-7-13/h9,12H,4-7H2,1-3H3. The summed E-state index contributed by atoms with van der Waals surface area (Å²) in [6.07, 6.45) is 3.08. The second-order valence-electron chi connectivity index (χ2n) is 4.49. The first-order valence-corrected chi connectivity index (χ1v) is 8.25. The third kappa shape index (κ3) is 3.58. The van der Waals surface area contributed by atoms with Gasteiger partial charge in [-0.05, 0) is 32.9 Å². The van der Waals surface area contributed by atoms with Gasteiger partial charge < -0.3 is 0 Å². The summed E-state index contributed by atoms with van der Waals surface area (Å²) in [7, 11) is -3.38. The Bertz CT molecular complexity index is 392. The van der Waals surface area contributed by atoms with Crippen LogP contribution in [-0.4, -0.2) is 42.9 Å². The molecular weight excluding hydrogens is 258 g/mol. The van der Waals surface area contributed by atoms with Crippen LogP contribution in [0.4, 0.5) is 0 Å². The maximum absolute atomic E-state index is 11.9. The van der Waals surface area contributed by atoms with Gasteiger partial charge in [0.1, 0.15) is 4.75 Å². The molecule has 17 heavy (non-hydrogen) atoms. The van der Waals surface area contributed by atoms with Gasteiger partial charge in [-0.3, -0.25) is 0 Å². The predicted molar refractivity (Wildman–Crippen MR) is 69.9 cm³/mol. The molecule has 0 saturated carbocycles. The van der Waals surface area contributed by atoms with Gasteiger partial charge in [0.25, 0.3) is 10.2 Å². The summed E-state index contributed by atoms with van der Waals surface area (Å²) in [5.74, 6) is 0. The average molecular weight is 277 g/mol. The minimum Gasteiger partial charge on any atom is -0.200 e. The number of thioether (sulfide) groups is 1. The molecule has 1 fully saturated rings. The van der Waals surface area contributed by atoms with Crippen molar-refractivity contribution in [3.8, 4) is 6.07 Å². The van der Waals surface area contributed by atoms with E-state index >= 15 is 0 Å². The first-order chi connectivity index (χ1) is 7.85. The van der Waals surface area contributed by atoms with E-state index in [0.717, 1.165) is 0 Å². The van der Waals surface area contributed by atoms with E-state index < -0.39 is 15.0 Å². The van der Waals surface area contributed by atoms with Crippen LogP contribution in [0.1, 0.15) is 26.7 Å². The van der Waals surface area contributed by atoms with E-state index in [1.54, 1.807) is 13.8 Å². The third-order valence-electron chi connectivity index (χ3n) is 2.85. The zero-order valence-electron chi connectivity index (χ0n) is 10.4. The lowest BCUT2D eigenvalue weighted by atomic mass is 9.99. The lowest BCUT2D eigenvalue weighted by molar-refractivity contribution is 0.321. The predicted octanol–water partition coefficient (Wildman–Crippen LogP) is 0.950. The van der Waals surface area contributed by atoms with Crippen LogP contribution in [-0.2, 0) is 10.2 Å². The summed E-state index contributed by atoms with van der Waals surface area (Å²) < 4.78 is 27.4. The van der Waals surface area contributed by atoms with E-state index in [1.165, 1.54) is 16.1 Å². The first kappa shape index (κ1) is 14.8. The fraction of sp³-hybridized carbons (Fsp3) is 0.900. The molecule has 1 aliphatic rings. The topological polar surface area (TPSA) is 73.2 Å². The molecular formula is C10H19N3O2S2. The summed E-state index contributed by atoms with van der Waals surface area (Å²) >= 11 is 1.52. The Morgan fingerprint density at radius 2 is 1.94 bits per heavy atom. The van der Waals surface area contributed by atoms with Crippen LogP contribution in [0.5, 0.6) is 0 Å². The number of nitriles is 1. The molecule has 0 bridgehead atoms. The summed E-state index contributed by atoms with van der Waals surface area (Å²) in [6.45, 7) is 4.42. The molecule has 0 aromatic rings. The second kappa shape index (κ2) is 5.57. The van der Waals surface area contributed by atoms with Gasteiger partial charge in [-0.2, -0.15) is 22.7 Å². The molecule has 1 N–H and O–H groups in total. The first-order valence-electron chi connectivity index (χ1n) is 5.59. The minimum atomic E-state index is -3.38. The molecule has 0 spiro atoms. The Balaban J connectivity index is 2.67. The molecule has 1 saturated heterocycles. The summed E-state index contributed by atoms with van der Waals surface area (Å²) in [5, 5.41) is 9.12. The SMILES string of the molecule is CSC1(C#N)CCN(S(=O)(=O)NC(C)C)CC1. The van der Waals surface area contributed by atoms with Crippen LogP contribution in [0.3, 0.4) is 0 Å². The molecule has 1 aliphatic heterocycles. The highest BCUT2D eigenvalue weighted by molar-refractivity contribution is 8.00. The Morgan fingerprint density at radius 1 is 1.41 bits per heavy atom. The molecule has 0 unspecified atom stereocenters. The molecule has 1 rings (SSSR count). The van der Waals surface area contributed by atoms with Crippen molar-refractivity contribution in [2.75, 3.05) is 19.3 Å². The molecule has 0 aliphatic carbocycles. The van der Waals surface area contributed by atoms with E-state index in [4.69, 9.17) is 5.26 Å². The van der Waals surface area contributed by atoms with Gasteiger partial charge in [0, 0.05) is 19.1 Å². The van der Waals surface area contributed by atoms with Crippen molar-refractivity contribution < 1.29 is 8.42 Å². The third-order valence-corrected chi connectivity index (χ3v) is 5.94. The van der Waals surface area contributed by atoms with Gasteiger partial charge in [0.2, 0.25) is 0 Å². The van der Waals surface area contributed by atoms with Crippen molar-refractivity contribution in [2.45, 2.75) is 37.5 Å². The largest absolute Gasteiger partial charge is 0.279 e. The number of hydrogen-bond acceptors (Lipinski definition) is 4. The highest BCUT2D eigenvalue weighted by Gasteiger charge is 2.37. The number of nitrogens with one attached hydrogen (secondary N) is 1. The maximum atomic E-state index is 11.9. The Labute approximate surface area is 108 Å². The smallest absolute Gasteiger partial charge is 0.200 e. The van der Waals surface area contributed by atoms with Crippen LogP contribution in [0.2, 0.25) is 0 Å². The number of rotatable bonds is 4. The molecule has 0 amide bonds. The molecule has 0 aromatic heterocycles. The number of hydrogen-bond donors (Lipinski definition) is 1. The van der Waals surface area contributed by atoms with E-state index in [2.05, 4.69) is 10.8 Å². The molecule has 7 heteroatoms. The van der Waals surface area contributed by atoms with Crippen LogP contribution >= 0.6 is 11.8 Å². The van der Waals surface area contributed by atoms with E-state index in [-0.39, 0.29) is 6.04 Å². The number of piperidine rings is 1. The Kier molecular flexibility index (Phi) is 4.84. The highest BCUT2D eigenvalue weighted by atomic mass is 32.2. The molecule has 0 radical (unpaired) electrons. The van der Waals surface area contributed by atoms with Gasteiger partial charge in [0.15, 0.2) is 0 Å². The van der Waals surface area contributed by atoms with Gasteiger partial charge in [-0.25, -0.2) is 0 Å². The van der Waals surface area contributed by atoms with Crippen LogP contribution < -0.4 is 4.72 Å². The Morgan fingerprint density at radius 3 is 2.29 bits per heavy atom. The highest BCUT2D eigenvalue weighted by Crippen LogP contribution is 2.34. The van der Waals surface area contributed by atoms with Crippen LogP contribution in [0.15, 0.2) is 0 Å². The fourth-order valence-electron chi connectivity index (χ4n) is 1.82. The second-order valence-corrected chi connectivity index (χ2v) is 7.38. The molecule has 0 atom stereocenters. The van der Waals surface area contributed by atoms with Gasteiger partial charge >= 0.3 is 0 Å². The van der Waals surface area contributed by atoms with Crippen molar-refractivity contribution >= 4 is 22.0 Å². The lowest BCUT2D eigenvalue weighted by Crippen LogP contribution is -2.50. The summed E-state index contributed by atoms with van der Waals surface area (Å²) in [4.78, 5) is 0. The van der Waals surface area contributed by atoms with Crippen molar-refractivity contribution in [3.05, 3.63) is 0 Å². The molecule has 1 heterocycles. The average Bonchev–Trinajstić information content (AvgIpc) is 2.27.